The first-order chi connectivity index (χ1) is 8.87. The quantitative estimate of drug-likeness (QED) is 0.780. The molecule has 5 nitrogen and oxygen atoms in total. The van der Waals surface area contributed by atoms with Crippen LogP contribution in [-0.2, 0) is 4.74 Å². The summed E-state index contributed by atoms with van der Waals surface area (Å²) in [6.07, 6.45) is 4.00. The third kappa shape index (κ3) is 3.56. The van der Waals surface area contributed by atoms with Gasteiger partial charge in [0.1, 0.15) is 22.9 Å². The monoisotopic (exact) mass is 283 g/mol. The molecule has 19 heavy (non-hydrogen) atoms. The van der Waals surface area contributed by atoms with Crippen LogP contribution in [0.2, 0.25) is 5.15 Å². The van der Waals surface area contributed by atoms with Gasteiger partial charge in [-0.25, -0.2) is 14.8 Å². The van der Waals surface area contributed by atoms with Crippen LogP contribution in [0.15, 0.2) is 12.4 Å². The maximum absolute atomic E-state index is 12.3. The van der Waals surface area contributed by atoms with E-state index in [0.29, 0.717) is 11.0 Å². The fraction of sp³-hybridized carbons (Fsp3) is 0.615. The largest absolute Gasteiger partial charge is 0.443 e. The molecule has 1 saturated carbocycles. The molecular weight excluding hydrogens is 266 g/mol. The second-order valence-electron chi connectivity index (χ2n) is 5.63. The fourth-order valence-electron chi connectivity index (χ4n) is 1.84. The van der Waals surface area contributed by atoms with Crippen LogP contribution in [0, 0.1) is 0 Å². The second kappa shape index (κ2) is 5.33. The number of carbonyl (C=O) groups excluding carboxylic acids is 1. The highest BCUT2D eigenvalue weighted by atomic mass is 35.5. The predicted octanol–water partition coefficient (Wildman–Crippen LogP) is 3.42. The molecule has 104 valence electrons. The van der Waals surface area contributed by atoms with E-state index in [1.165, 1.54) is 6.33 Å². The average molecular weight is 284 g/mol. The Labute approximate surface area is 117 Å². The van der Waals surface area contributed by atoms with Gasteiger partial charge < -0.3 is 4.74 Å². The highest BCUT2D eigenvalue weighted by Gasteiger charge is 2.34. The molecule has 0 bridgehead atoms. The first-order valence-corrected chi connectivity index (χ1v) is 6.74. The number of carbonyl (C=O) groups is 1. The minimum absolute atomic E-state index is 0.140. The van der Waals surface area contributed by atoms with Crippen molar-refractivity contribution < 1.29 is 9.53 Å². The van der Waals surface area contributed by atoms with E-state index in [0.717, 1.165) is 19.3 Å². The van der Waals surface area contributed by atoms with Gasteiger partial charge in [0.05, 0.1) is 0 Å². The third-order valence-electron chi connectivity index (χ3n) is 2.90. The van der Waals surface area contributed by atoms with E-state index < -0.39 is 5.60 Å². The summed E-state index contributed by atoms with van der Waals surface area (Å²) in [4.78, 5) is 21.8. The molecule has 2 rings (SSSR count). The molecule has 0 N–H and O–H groups in total. The molecule has 1 fully saturated rings. The summed E-state index contributed by atoms with van der Waals surface area (Å²) < 4.78 is 5.43. The van der Waals surface area contributed by atoms with Crippen molar-refractivity contribution in [2.75, 3.05) is 4.90 Å². The van der Waals surface area contributed by atoms with Crippen molar-refractivity contribution in [3.63, 3.8) is 0 Å². The molecule has 0 spiro atoms. The number of halogens is 1. The van der Waals surface area contributed by atoms with Gasteiger partial charge in [-0.05, 0) is 40.0 Å². The summed E-state index contributed by atoms with van der Waals surface area (Å²) in [6.45, 7) is 5.53. The lowest BCUT2D eigenvalue weighted by molar-refractivity contribution is 0.0548. The lowest BCUT2D eigenvalue weighted by Crippen LogP contribution is -2.47. The Kier molecular flexibility index (Phi) is 3.94. The normalized spacial score (nSPS) is 15.8. The molecule has 1 heterocycles. The summed E-state index contributed by atoms with van der Waals surface area (Å²) in [5, 5.41) is 0.317. The van der Waals surface area contributed by atoms with Crippen molar-refractivity contribution in [2.24, 2.45) is 0 Å². The first kappa shape index (κ1) is 14.1. The molecule has 0 unspecified atom stereocenters. The van der Waals surface area contributed by atoms with E-state index in [2.05, 4.69) is 9.97 Å². The minimum Gasteiger partial charge on any atom is -0.443 e. The van der Waals surface area contributed by atoms with Crippen LogP contribution in [0.25, 0.3) is 0 Å². The highest BCUT2D eigenvalue weighted by Crippen LogP contribution is 2.30. The van der Waals surface area contributed by atoms with Crippen LogP contribution >= 0.6 is 11.6 Å². The van der Waals surface area contributed by atoms with Gasteiger partial charge in [-0.1, -0.05) is 11.6 Å². The van der Waals surface area contributed by atoms with E-state index in [1.807, 2.05) is 20.8 Å². The molecule has 0 aromatic carbocycles. The Morgan fingerprint density at radius 2 is 2.11 bits per heavy atom. The van der Waals surface area contributed by atoms with Gasteiger partial charge in [0, 0.05) is 12.1 Å². The van der Waals surface area contributed by atoms with Gasteiger partial charge in [-0.3, -0.25) is 4.90 Å². The molecule has 0 saturated heterocycles. The van der Waals surface area contributed by atoms with Crippen LogP contribution in [0.3, 0.4) is 0 Å². The first-order valence-electron chi connectivity index (χ1n) is 6.36. The van der Waals surface area contributed by atoms with Crippen molar-refractivity contribution >= 4 is 23.5 Å². The van der Waals surface area contributed by atoms with Crippen molar-refractivity contribution in [3.8, 4) is 0 Å². The van der Waals surface area contributed by atoms with Crippen molar-refractivity contribution in [1.29, 1.82) is 0 Å². The molecule has 0 radical (unpaired) electrons. The number of rotatable bonds is 2. The van der Waals surface area contributed by atoms with Crippen LogP contribution in [0.5, 0.6) is 0 Å². The number of nitrogens with zero attached hydrogens (tertiary/aromatic N) is 3. The molecule has 1 amide bonds. The molecular formula is C13H18ClN3O2. The molecule has 1 aromatic heterocycles. The third-order valence-corrected chi connectivity index (χ3v) is 3.10. The maximum Gasteiger partial charge on any atom is 0.416 e. The zero-order valence-corrected chi connectivity index (χ0v) is 12.1. The Morgan fingerprint density at radius 3 is 2.58 bits per heavy atom. The highest BCUT2D eigenvalue weighted by molar-refractivity contribution is 6.29. The Hall–Kier alpha value is -1.36. The molecule has 1 aliphatic carbocycles. The van der Waals surface area contributed by atoms with Crippen LogP contribution in [0.1, 0.15) is 40.0 Å². The Morgan fingerprint density at radius 1 is 1.42 bits per heavy atom. The van der Waals surface area contributed by atoms with E-state index in [9.17, 15) is 4.79 Å². The smallest absolute Gasteiger partial charge is 0.416 e. The lowest BCUT2D eigenvalue weighted by atomic mass is 9.92. The van der Waals surface area contributed by atoms with Crippen molar-refractivity contribution in [2.45, 2.75) is 51.7 Å². The summed E-state index contributed by atoms with van der Waals surface area (Å²) in [5.74, 6) is 0.499. The molecule has 0 aliphatic heterocycles. The summed E-state index contributed by atoms with van der Waals surface area (Å²) in [6, 6.07) is 1.73. The summed E-state index contributed by atoms with van der Waals surface area (Å²) in [7, 11) is 0. The van der Waals surface area contributed by atoms with Gasteiger partial charge in [-0.2, -0.15) is 0 Å². The zero-order chi connectivity index (χ0) is 14.0. The van der Waals surface area contributed by atoms with Gasteiger partial charge in [-0.15, -0.1) is 0 Å². The van der Waals surface area contributed by atoms with Gasteiger partial charge in [0.25, 0.3) is 0 Å². The lowest BCUT2D eigenvalue weighted by Gasteiger charge is -2.37. The van der Waals surface area contributed by atoms with Crippen LogP contribution in [-0.4, -0.2) is 27.7 Å². The maximum atomic E-state index is 12.3. The summed E-state index contributed by atoms with van der Waals surface area (Å²) in [5.41, 5.74) is -0.532. The van der Waals surface area contributed by atoms with Gasteiger partial charge in [0.2, 0.25) is 0 Å². The number of hydrogen-bond donors (Lipinski definition) is 0. The molecule has 6 heteroatoms. The Bertz CT molecular complexity index is 469. The number of hydrogen-bond acceptors (Lipinski definition) is 4. The van der Waals surface area contributed by atoms with E-state index in [1.54, 1.807) is 11.0 Å². The molecule has 1 aromatic rings. The molecule has 0 atom stereocenters. The molecule has 1 aliphatic rings. The average Bonchev–Trinajstić information content (AvgIpc) is 2.20. The van der Waals surface area contributed by atoms with Crippen molar-refractivity contribution in [3.05, 3.63) is 17.5 Å². The number of anilines is 1. The van der Waals surface area contributed by atoms with Gasteiger partial charge in [0.15, 0.2) is 0 Å². The second-order valence-corrected chi connectivity index (χ2v) is 6.02. The fourth-order valence-corrected chi connectivity index (χ4v) is 1.98. The topological polar surface area (TPSA) is 55.3 Å². The predicted molar refractivity (Wildman–Crippen MR) is 73.4 cm³/mol. The summed E-state index contributed by atoms with van der Waals surface area (Å²) >= 11 is 5.86. The number of aromatic nitrogens is 2. The SMILES string of the molecule is CC(C)(C)OC(=O)N(c1cc(Cl)ncn1)C1CCC1. The number of ether oxygens (including phenoxy) is 1. The van der Waals surface area contributed by atoms with Gasteiger partial charge >= 0.3 is 6.09 Å². The van der Waals surface area contributed by atoms with E-state index >= 15 is 0 Å². The zero-order valence-electron chi connectivity index (χ0n) is 11.4. The number of amides is 1. The Balaban J connectivity index is 2.23. The van der Waals surface area contributed by atoms with Crippen LogP contribution < -0.4 is 4.90 Å². The van der Waals surface area contributed by atoms with E-state index in [-0.39, 0.29) is 12.1 Å². The minimum atomic E-state index is -0.532. The standard InChI is InChI=1S/C13H18ClN3O2/c1-13(2,3)19-12(18)17(9-5-4-6-9)11-7-10(14)15-8-16-11/h7-9H,4-6H2,1-3H3. The van der Waals surface area contributed by atoms with Crippen LogP contribution in [0.4, 0.5) is 10.6 Å². The van der Waals surface area contributed by atoms with E-state index in [4.69, 9.17) is 16.3 Å². The van der Waals surface area contributed by atoms with Crippen molar-refractivity contribution in [1.82, 2.24) is 9.97 Å².